The van der Waals surface area contributed by atoms with Crippen molar-refractivity contribution >= 4 is 17.4 Å². The molecule has 3 rings (SSSR count). The van der Waals surface area contributed by atoms with E-state index in [2.05, 4.69) is 5.10 Å². The summed E-state index contributed by atoms with van der Waals surface area (Å²) in [6.07, 6.45) is 0.794. The Morgan fingerprint density at radius 1 is 1.24 bits per heavy atom. The highest BCUT2D eigenvalue weighted by molar-refractivity contribution is 6.52. The summed E-state index contributed by atoms with van der Waals surface area (Å²) in [6.45, 7) is 2.24. The summed E-state index contributed by atoms with van der Waals surface area (Å²) in [7, 11) is 1.79. The third-order valence-corrected chi connectivity index (χ3v) is 3.64. The van der Waals surface area contributed by atoms with Gasteiger partial charge in [0.25, 0.3) is 11.7 Å². The van der Waals surface area contributed by atoms with Crippen LogP contribution in [0.25, 0.3) is 0 Å². The first-order chi connectivity index (χ1) is 10.0. The molecule has 1 aliphatic heterocycles. The van der Waals surface area contributed by atoms with E-state index in [0.29, 0.717) is 5.69 Å². The van der Waals surface area contributed by atoms with Gasteiger partial charge in [-0.3, -0.25) is 19.2 Å². The monoisotopic (exact) mass is 287 g/mol. The van der Waals surface area contributed by atoms with Gasteiger partial charge in [0.2, 0.25) is 0 Å². The number of Topliss-reactive ketones (excluding diaryl/α,β-unsaturated/α-hetero) is 1. The maximum Gasteiger partial charge on any atom is 0.299 e. The number of hydrogen-bond acceptors (Lipinski definition) is 3. The number of fused-ring (bicyclic) bond motifs is 1. The molecule has 6 heteroatoms. The lowest BCUT2D eigenvalue weighted by atomic mass is 10.1. The lowest BCUT2D eigenvalue weighted by Crippen LogP contribution is -2.30. The van der Waals surface area contributed by atoms with E-state index in [0.717, 1.165) is 23.9 Å². The first-order valence-electron chi connectivity index (χ1n) is 6.68. The van der Waals surface area contributed by atoms with Crippen molar-refractivity contribution in [3.63, 3.8) is 0 Å². The fourth-order valence-corrected chi connectivity index (χ4v) is 2.48. The zero-order chi connectivity index (χ0) is 15.1. The van der Waals surface area contributed by atoms with Gasteiger partial charge in [-0.1, -0.05) is 6.92 Å². The molecular formula is C15H14FN3O2. The predicted molar refractivity (Wildman–Crippen MR) is 74.5 cm³/mol. The Bertz CT molecular complexity index is 751. The molecule has 2 heterocycles. The minimum atomic E-state index is -0.664. The number of anilines is 1. The number of carbonyl (C=O) groups excluding carboxylic acids is 2. The third kappa shape index (κ3) is 2.12. The van der Waals surface area contributed by atoms with E-state index in [-0.39, 0.29) is 12.1 Å². The SMILES string of the molecule is CCc1cc(CN2C(=O)C(=O)c3cc(F)ccc32)n(C)n1. The van der Waals surface area contributed by atoms with E-state index in [4.69, 9.17) is 0 Å². The van der Waals surface area contributed by atoms with E-state index in [1.165, 1.54) is 17.0 Å². The van der Waals surface area contributed by atoms with Crippen LogP contribution < -0.4 is 4.90 Å². The molecule has 1 amide bonds. The molecule has 1 aliphatic rings. The van der Waals surface area contributed by atoms with Gasteiger partial charge in [0.1, 0.15) is 5.82 Å². The number of aromatic nitrogens is 2. The van der Waals surface area contributed by atoms with Gasteiger partial charge in [0.15, 0.2) is 0 Å². The standard InChI is InChI=1S/C15H14FN3O2/c1-3-10-7-11(18(2)17-10)8-19-13-5-4-9(16)6-12(13)14(20)15(19)21/h4-7H,3,8H2,1-2H3. The second kappa shape index (κ2) is 4.80. The number of aryl methyl sites for hydroxylation is 2. The zero-order valence-corrected chi connectivity index (χ0v) is 11.8. The number of rotatable bonds is 3. The molecule has 5 nitrogen and oxygen atoms in total. The Hall–Kier alpha value is -2.50. The fourth-order valence-electron chi connectivity index (χ4n) is 2.48. The fraction of sp³-hybridized carbons (Fsp3) is 0.267. The van der Waals surface area contributed by atoms with Crippen LogP contribution in [0.3, 0.4) is 0 Å². The first kappa shape index (κ1) is 13.5. The molecular weight excluding hydrogens is 273 g/mol. The Morgan fingerprint density at radius 3 is 2.67 bits per heavy atom. The molecule has 0 aliphatic carbocycles. The van der Waals surface area contributed by atoms with E-state index in [1.54, 1.807) is 11.7 Å². The van der Waals surface area contributed by atoms with Gasteiger partial charge in [-0.15, -0.1) is 0 Å². The topological polar surface area (TPSA) is 55.2 Å². The zero-order valence-electron chi connectivity index (χ0n) is 11.8. The van der Waals surface area contributed by atoms with Crippen LogP contribution in [-0.2, 0) is 24.8 Å². The van der Waals surface area contributed by atoms with E-state index in [1.807, 2.05) is 13.0 Å². The van der Waals surface area contributed by atoms with Crippen molar-refractivity contribution in [1.82, 2.24) is 9.78 Å². The Labute approximate surface area is 121 Å². The van der Waals surface area contributed by atoms with Gasteiger partial charge in [-0.05, 0) is 30.7 Å². The Balaban J connectivity index is 1.98. The number of amides is 1. The highest BCUT2D eigenvalue weighted by Gasteiger charge is 2.36. The smallest absolute Gasteiger partial charge is 0.299 e. The number of ketones is 1. The maximum atomic E-state index is 13.2. The number of carbonyl (C=O) groups is 2. The first-order valence-corrected chi connectivity index (χ1v) is 6.68. The van der Waals surface area contributed by atoms with Crippen molar-refractivity contribution in [3.8, 4) is 0 Å². The summed E-state index contributed by atoms with van der Waals surface area (Å²) in [5.41, 5.74) is 2.32. The van der Waals surface area contributed by atoms with Crippen molar-refractivity contribution in [1.29, 1.82) is 0 Å². The highest BCUT2D eigenvalue weighted by atomic mass is 19.1. The largest absolute Gasteiger partial charge is 0.299 e. The summed E-state index contributed by atoms with van der Waals surface area (Å²) < 4.78 is 14.9. The predicted octanol–water partition coefficient (Wildman–Crippen LogP) is 1.85. The molecule has 108 valence electrons. The van der Waals surface area contributed by atoms with Gasteiger partial charge < -0.3 is 0 Å². The van der Waals surface area contributed by atoms with E-state index < -0.39 is 17.5 Å². The lowest BCUT2D eigenvalue weighted by Gasteiger charge is -2.16. The van der Waals surface area contributed by atoms with Gasteiger partial charge in [0, 0.05) is 7.05 Å². The highest BCUT2D eigenvalue weighted by Crippen LogP contribution is 2.30. The van der Waals surface area contributed by atoms with Crippen LogP contribution in [0.4, 0.5) is 10.1 Å². The van der Waals surface area contributed by atoms with Crippen molar-refractivity contribution in [3.05, 3.63) is 47.0 Å². The quantitative estimate of drug-likeness (QED) is 0.810. The van der Waals surface area contributed by atoms with Gasteiger partial charge in [0.05, 0.1) is 29.2 Å². The molecule has 0 radical (unpaired) electrons. The molecule has 2 aromatic rings. The van der Waals surface area contributed by atoms with E-state index >= 15 is 0 Å². The molecule has 0 bridgehead atoms. The van der Waals surface area contributed by atoms with Crippen LogP contribution in [0.2, 0.25) is 0 Å². The molecule has 0 unspecified atom stereocenters. The van der Waals surface area contributed by atoms with Crippen molar-refractivity contribution in [2.24, 2.45) is 7.05 Å². The average Bonchev–Trinajstić information content (AvgIpc) is 2.93. The summed E-state index contributed by atoms with van der Waals surface area (Å²) in [5, 5.41) is 4.32. The number of nitrogens with zero attached hydrogens (tertiary/aromatic N) is 3. The molecule has 1 aromatic carbocycles. The van der Waals surface area contributed by atoms with Crippen molar-refractivity contribution in [2.45, 2.75) is 19.9 Å². The molecule has 0 N–H and O–H groups in total. The summed E-state index contributed by atoms with van der Waals surface area (Å²) >= 11 is 0. The molecule has 0 saturated heterocycles. The molecule has 0 atom stereocenters. The average molecular weight is 287 g/mol. The molecule has 21 heavy (non-hydrogen) atoms. The van der Waals surface area contributed by atoms with Crippen LogP contribution in [0, 0.1) is 5.82 Å². The van der Waals surface area contributed by atoms with Crippen molar-refractivity contribution in [2.75, 3.05) is 4.90 Å². The minimum Gasteiger partial charge on any atom is -0.299 e. The second-order valence-electron chi connectivity index (χ2n) is 4.99. The maximum absolute atomic E-state index is 13.2. The molecule has 0 fully saturated rings. The van der Waals surface area contributed by atoms with Gasteiger partial charge >= 0.3 is 0 Å². The second-order valence-corrected chi connectivity index (χ2v) is 4.99. The Kier molecular flexibility index (Phi) is 3.08. The van der Waals surface area contributed by atoms with Crippen LogP contribution >= 0.6 is 0 Å². The summed E-state index contributed by atoms with van der Waals surface area (Å²) in [4.78, 5) is 25.4. The molecule has 1 aromatic heterocycles. The number of benzene rings is 1. The normalized spacial score (nSPS) is 14.0. The van der Waals surface area contributed by atoms with Crippen LogP contribution in [0.5, 0.6) is 0 Å². The van der Waals surface area contributed by atoms with Gasteiger partial charge in [-0.2, -0.15) is 5.10 Å². The third-order valence-electron chi connectivity index (χ3n) is 3.64. The van der Waals surface area contributed by atoms with E-state index in [9.17, 15) is 14.0 Å². The van der Waals surface area contributed by atoms with Crippen LogP contribution in [-0.4, -0.2) is 21.5 Å². The number of halogens is 1. The summed E-state index contributed by atoms with van der Waals surface area (Å²) in [6, 6.07) is 5.72. The van der Waals surface area contributed by atoms with Crippen LogP contribution in [0.1, 0.15) is 28.7 Å². The Morgan fingerprint density at radius 2 is 2.00 bits per heavy atom. The molecule has 0 saturated carbocycles. The minimum absolute atomic E-state index is 0.123. The molecule has 0 spiro atoms. The summed E-state index contributed by atoms with van der Waals surface area (Å²) in [5.74, 6) is -1.82. The van der Waals surface area contributed by atoms with Gasteiger partial charge in [-0.25, -0.2) is 4.39 Å². The van der Waals surface area contributed by atoms with Crippen molar-refractivity contribution < 1.29 is 14.0 Å². The van der Waals surface area contributed by atoms with Crippen LogP contribution in [0.15, 0.2) is 24.3 Å². The lowest BCUT2D eigenvalue weighted by molar-refractivity contribution is -0.114. The number of hydrogen-bond donors (Lipinski definition) is 0.